The van der Waals surface area contributed by atoms with E-state index in [0.29, 0.717) is 13.2 Å². The predicted molar refractivity (Wildman–Crippen MR) is 132 cm³/mol. The van der Waals surface area contributed by atoms with Gasteiger partial charge in [-0.2, -0.15) is 5.26 Å². The van der Waals surface area contributed by atoms with Gasteiger partial charge in [-0.15, -0.1) is 0 Å². The molecule has 4 heterocycles. The molecule has 39 heavy (non-hydrogen) atoms. The van der Waals surface area contributed by atoms with E-state index in [1.165, 1.54) is 28.8 Å². The summed E-state index contributed by atoms with van der Waals surface area (Å²) >= 11 is 0. The van der Waals surface area contributed by atoms with Crippen LogP contribution in [0.4, 0.5) is 10.1 Å². The summed E-state index contributed by atoms with van der Waals surface area (Å²) < 4.78 is 55.1. The average molecular weight is 561 g/mol. The van der Waals surface area contributed by atoms with E-state index in [2.05, 4.69) is 15.4 Å². The SMILES string of the molecule is Cn1cc2c(c1C(=O)Nc1ccc(F)c(C#N)c1)OC[C@@H]1CN(C(=O)C(=O)NC3(C)COC3)C[C@@H]1NS2(=O)=O. The number of benzene rings is 1. The van der Waals surface area contributed by atoms with Gasteiger partial charge in [-0.1, -0.05) is 0 Å². The van der Waals surface area contributed by atoms with Crippen LogP contribution in [0.2, 0.25) is 0 Å². The number of aromatic nitrogens is 1. The molecule has 0 aliphatic carbocycles. The standard InChI is InChI=1S/C24H25FN6O7S/c1-24(11-37-12-24)28-22(33)23(34)31-7-14-10-38-20-18(39(35,36)29-17(14)8-31)9-30(2)19(20)21(32)27-15-3-4-16(25)13(5-15)6-26/h3-5,9,14,17,29H,7-8,10-12H2,1-2H3,(H,27,32)(H,28,33)/t14-,17-/m0/s1. The van der Waals surface area contributed by atoms with Crippen LogP contribution in [0.5, 0.6) is 5.75 Å². The van der Waals surface area contributed by atoms with E-state index >= 15 is 0 Å². The average Bonchev–Trinajstić information content (AvgIpc) is 3.41. The maximum atomic E-state index is 13.7. The predicted octanol–water partition coefficient (Wildman–Crippen LogP) is -0.309. The first kappa shape index (κ1) is 26.6. The smallest absolute Gasteiger partial charge is 0.311 e. The number of anilines is 1. The highest BCUT2D eigenvalue weighted by Gasteiger charge is 2.44. The van der Waals surface area contributed by atoms with Crippen molar-refractivity contribution in [3.63, 3.8) is 0 Å². The number of amides is 3. The van der Waals surface area contributed by atoms with Crippen LogP contribution in [0.25, 0.3) is 0 Å². The minimum absolute atomic E-state index is 0.0337. The van der Waals surface area contributed by atoms with Crippen molar-refractivity contribution in [1.29, 1.82) is 5.26 Å². The number of carbonyl (C=O) groups is 3. The van der Waals surface area contributed by atoms with Crippen molar-refractivity contribution in [2.45, 2.75) is 23.4 Å². The number of likely N-dealkylation sites (tertiary alicyclic amines) is 1. The molecular formula is C24H25FN6O7S. The zero-order valence-corrected chi connectivity index (χ0v) is 21.8. The molecule has 2 fully saturated rings. The van der Waals surface area contributed by atoms with Gasteiger partial charge in [-0.25, -0.2) is 17.5 Å². The Morgan fingerprint density at radius 3 is 2.67 bits per heavy atom. The molecule has 13 nitrogen and oxygen atoms in total. The summed E-state index contributed by atoms with van der Waals surface area (Å²) in [6, 6.07) is 4.42. The molecule has 3 amide bonds. The van der Waals surface area contributed by atoms with E-state index in [-0.39, 0.29) is 47.3 Å². The zero-order valence-electron chi connectivity index (χ0n) is 21.0. The third-order valence-electron chi connectivity index (χ3n) is 6.88. The first-order chi connectivity index (χ1) is 18.4. The Balaban J connectivity index is 1.35. The molecule has 2 atom stereocenters. The highest BCUT2D eigenvalue weighted by Crippen LogP contribution is 2.35. The van der Waals surface area contributed by atoms with Crippen molar-refractivity contribution in [2.24, 2.45) is 13.0 Å². The quantitative estimate of drug-likeness (QED) is 0.429. The van der Waals surface area contributed by atoms with Crippen molar-refractivity contribution >= 4 is 33.4 Å². The second-order valence-corrected chi connectivity index (χ2v) is 11.7. The zero-order chi connectivity index (χ0) is 28.1. The molecule has 15 heteroatoms. The van der Waals surface area contributed by atoms with Gasteiger partial charge in [0.15, 0.2) is 11.4 Å². The second-order valence-electron chi connectivity index (χ2n) is 10.1. The maximum absolute atomic E-state index is 13.7. The van der Waals surface area contributed by atoms with Crippen LogP contribution >= 0.6 is 0 Å². The molecule has 3 aliphatic rings. The minimum atomic E-state index is -4.20. The Bertz CT molecular complexity index is 1530. The lowest BCUT2D eigenvalue weighted by atomic mass is 10.0. The molecule has 0 saturated carbocycles. The Labute approximate surface area is 222 Å². The fourth-order valence-corrected chi connectivity index (χ4v) is 6.28. The van der Waals surface area contributed by atoms with Gasteiger partial charge in [0.25, 0.3) is 5.91 Å². The molecular weight excluding hydrogens is 535 g/mol. The van der Waals surface area contributed by atoms with E-state index in [1.807, 2.05) is 0 Å². The monoisotopic (exact) mass is 560 g/mol. The van der Waals surface area contributed by atoms with E-state index in [4.69, 9.17) is 14.7 Å². The van der Waals surface area contributed by atoms with Crippen molar-refractivity contribution in [1.82, 2.24) is 19.5 Å². The number of nitrogens with one attached hydrogen (secondary N) is 3. The van der Waals surface area contributed by atoms with Gasteiger partial charge >= 0.3 is 11.8 Å². The van der Waals surface area contributed by atoms with Crippen molar-refractivity contribution in [3.05, 3.63) is 41.5 Å². The second kappa shape index (κ2) is 9.63. The normalized spacial score (nSPS) is 22.6. The van der Waals surface area contributed by atoms with Crippen molar-refractivity contribution in [3.8, 4) is 11.8 Å². The van der Waals surface area contributed by atoms with Crippen molar-refractivity contribution < 1.29 is 36.7 Å². The van der Waals surface area contributed by atoms with Gasteiger partial charge in [-0.3, -0.25) is 14.4 Å². The lowest BCUT2D eigenvalue weighted by molar-refractivity contribution is -0.150. The van der Waals surface area contributed by atoms with Crippen LogP contribution in [0.3, 0.4) is 0 Å². The summed E-state index contributed by atoms with van der Waals surface area (Å²) in [6.07, 6.45) is 1.23. The summed E-state index contributed by atoms with van der Waals surface area (Å²) in [7, 11) is -2.73. The summed E-state index contributed by atoms with van der Waals surface area (Å²) in [5.74, 6) is -3.77. The number of hydrogen-bond acceptors (Lipinski definition) is 8. The molecule has 3 aliphatic heterocycles. The number of nitriles is 1. The molecule has 5 rings (SSSR count). The summed E-state index contributed by atoms with van der Waals surface area (Å²) in [5.41, 5.74) is -0.876. The lowest BCUT2D eigenvalue weighted by Gasteiger charge is -2.38. The van der Waals surface area contributed by atoms with Crippen LogP contribution in [0.1, 0.15) is 23.0 Å². The molecule has 0 unspecified atom stereocenters. The number of ether oxygens (including phenoxy) is 2. The highest BCUT2D eigenvalue weighted by molar-refractivity contribution is 7.89. The molecule has 2 saturated heterocycles. The van der Waals surface area contributed by atoms with Crippen LogP contribution < -0.4 is 20.1 Å². The first-order valence-corrected chi connectivity index (χ1v) is 13.4. The third kappa shape index (κ3) is 4.93. The van der Waals surface area contributed by atoms with Gasteiger partial charge in [0, 0.05) is 44.0 Å². The van der Waals surface area contributed by atoms with Crippen LogP contribution in [-0.4, -0.2) is 80.1 Å². The summed E-state index contributed by atoms with van der Waals surface area (Å²) in [5, 5.41) is 14.2. The Hall–Kier alpha value is -4.00. The van der Waals surface area contributed by atoms with Gasteiger partial charge in [0.1, 0.15) is 16.8 Å². The maximum Gasteiger partial charge on any atom is 0.311 e. The van der Waals surface area contributed by atoms with Gasteiger partial charge in [0.2, 0.25) is 10.0 Å². The largest absolute Gasteiger partial charge is 0.489 e. The van der Waals surface area contributed by atoms with E-state index in [0.717, 1.165) is 12.1 Å². The Kier molecular flexibility index (Phi) is 6.57. The minimum Gasteiger partial charge on any atom is -0.489 e. The van der Waals surface area contributed by atoms with Crippen LogP contribution in [0, 0.1) is 23.1 Å². The number of carbonyl (C=O) groups excluding carboxylic acids is 3. The van der Waals surface area contributed by atoms with Gasteiger partial charge in [-0.05, 0) is 25.1 Å². The summed E-state index contributed by atoms with van der Waals surface area (Å²) in [4.78, 5) is 39.4. The fourth-order valence-electron chi connectivity index (χ4n) is 4.79. The van der Waals surface area contributed by atoms with Crippen molar-refractivity contribution in [2.75, 3.05) is 38.2 Å². The molecule has 3 N–H and O–H groups in total. The molecule has 206 valence electrons. The molecule has 0 radical (unpaired) electrons. The number of rotatable bonds is 3. The van der Waals surface area contributed by atoms with Gasteiger partial charge in [0.05, 0.1) is 30.9 Å². The van der Waals surface area contributed by atoms with Crippen LogP contribution in [0.15, 0.2) is 29.3 Å². The summed E-state index contributed by atoms with van der Waals surface area (Å²) in [6.45, 7) is 2.32. The van der Waals surface area contributed by atoms with Gasteiger partial charge < -0.3 is 29.6 Å². The highest BCUT2D eigenvalue weighted by atomic mass is 32.2. The number of halogens is 1. The number of hydrogen-bond donors (Lipinski definition) is 3. The Morgan fingerprint density at radius 1 is 1.26 bits per heavy atom. The molecule has 0 spiro atoms. The molecule has 1 aromatic heterocycles. The van der Waals surface area contributed by atoms with Crippen LogP contribution in [-0.2, 0) is 31.4 Å². The Morgan fingerprint density at radius 2 is 2.00 bits per heavy atom. The number of aryl methyl sites for hydroxylation is 1. The molecule has 1 aromatic carbocycles. The number of nitrogens with zero attached hydrogens (tertiary/aromatic N) is 3. The number of fused-ring (bicyclic) bond motifs is 2. The molecule has 2 aromatic rings. The van der Waals surface area contributed by atoms with E-state index < -0.39 is 51.1 Å². The fraction of sp³-hybridized carbons (Fsp3) is 0.417. The van der Waals surface area contributed by atoms with E-state index in [9.17, 15) is 27.2 Å². The van der Waals surface area contributed by atoms with E-state index in [1.54, 1.807) is 13.0 Å². The molecule has 0 bridgehead atoms. The first-order valence-electron chi connectivity index (χ1n) is 12.0. The number of sulfonamides is 1. The third-order valence-corrected chi connectivity index (χ3v) is 8.36. The lowest BCUT2D eigenvalue weighted by Crippen LogP contribution is -2.62. The topological polar surface area (TPSA) is 172 Å².